The van der Waals surface area contributed by atoms with Gasteiger partial charge in [0.25, 0.3) is 0 Å². The van der Waals surface area contributed by atoms with Crippen molar-refractivity contribution in [2.24, 2.45) is 0 Å². The molecule has 0 aliphatic rings. The number of benzene rings is 1. The lowest BCUT2D eigenvalue weighted by molar-refractivity contribution is 0.0697. The molecule has 0 amide bonds. The molecule has 0 spiro atoms. The van der Waals surface area contributed by atoms with Gasteiger partial charge in [-0.1, -0.05) is 6.07 Å². The lowest BCUT2D eigenvalue weighted by Crippen LogP contribution is -2.18. The number of rotatable bonds is 5. The summed E-state index contributed by atoms with van der Waals surface area (Å²) in [6, 6.07) is 10.7. The molecule has 0 fully saturated rings. The second kappa shape index (κ2) is 5.40. The van der Waals surface area contributed by atoms with Crippen molar-refractivity contribution in [2.45, 2.75) is 19.4 Å². The Morgan fingerprint density at radius 3 is 2.89 bits per heavy atom. The molecule has 1 atom stereocenters. The van der Waals surface area contributed by atoms with Crippen LogP contribution in [0.15, 0.2) is 47.1 Å². The molecule has 0 aliphatic carbocycles. The number of hydrogen-bond donors (Lipinski definition) is 2. The van der Waals surface area contributed by atoms with E-state index in [4.69, 9.17) is 9.52 Å². The van der Waals surface area contributed by atoms with Gasteiger partial charge < -0.3 is 14.8 Å². The van der Waals surface area contributed by atoms with Crippen LogP contribution in [0.3, 0.4) is 0 Å². The zero-order chi connectivity index (χ0) is 13.0. The van der Waals surface area contributed by atoms with Crippen molar-refractivity contribution < 1.29 is 14.3 Å². The molecule has 0 saturated heterocycles. The summed E-state index contributed by atoms with van der Waals surface area (Å²) in [5.41, 5.74) is 1.08. The zero-order valence-corrected chi connectivity index (χ0v) is 10.1. The molecular weight excluding hydrogens is 230 g/mol. The molecule has 4 heteroatoms. The quantitative estimate of drug-likeness (QED) is 0.850. The van der Waals surface area contributed by atoms with Gasteiger partial charge >= 0.3 is 5.97 Å². The second-order valence-electron chi connectivity index (χ2n) is 4.21. The summed E-state index contributed by atoms with van der Waals surface area (Å²) in [5, 5.41) is 12.2. The van der Waals surface area contributed by atoms with Crippen molar-refractivity contribution in [3.8, 4) is 0 Å². The van der Waals surface area contributed by atoms with E-state index >= 15 is 0 Å². The molecule has 2 N–H and O–H groups in total. The molecule has 1 aromatic carbocycles. The van der Waals surface area contributed by atoms with Crippen LogP contribution in [0.1, 0.15) is 23.0 Å². The van der Waals surface area contributed by atoms with Gasteiger partial charge in [0.15, 0.2) is 0 Å². The number of hydrogen-bond acceptors (Lipinski definition) is 3. The van der Waals surface area contributed by atoms with Crippen molar-refractivity contribution in [1.82, 2.24) is 0 Å². The first kappa shape index (κ1) is 12.2. The summed E-state index contributed by atoms with van der Waals surface area (Å²) in [4.78, 5) is 10.9. The summed E-state index contributed by atoms with van der Waals surface area (Å²) in [6.45, 7) is 2.02. The predicted octanol–water partition coefficient (Wildman–Crippen LogP) is 3.02. The van der Waals surface area contributed by atoms with Crippen LogP contribution in [0, 0.1) is 0 Å². The molecule has 4 nitrogen and oxygen atoms in total. The number of aromatic carboxylic acids is 1. The molecule has 0 aliphatic heterocycles. The fourth-order valence-electron chi connectivity index (χ4n) is 1.81. The Kier molecular flexibility index (Phi) is 3.67. The van der Waals surface area contributed by atoms with Crippen LogP contribution in [0.4, 0.5) is 5.69 Å². The fraction of sp³-hybridized carbons (Fsp3) is 0.214. The van der Waals surface area contributed by atoms with E-state index in [1.54, 1.807) is 24.5 Å². The fourth-order valence-corrected chi connectivity index (χ4v) is 1.81. The molecular formula is C14H15NO3. The minimum atomic E-state index is -0.919. The van der Waals surface area contributed by atoms with E-state index in [2.05, 4.69) is 5.32 Å². The molecule has 2 rings (SSSR count). The third-order valence-corrected chi connectivity index (χ3v) is 2.61. The lowest BCUT2D eigenvalue weighted by atomic mass is 10.1. The molecule has 1 heterocycles. The Morgan fingerprint density at radius 2 is 2.22 bits per heavy atom. The Labute approximate surface area is 105 Å². The number of carboxylic acids is 1. The highest BCUT2D eigenvalue weighted by molar-refractivity contribution is 5.88. The molecule has 0 radical (unpaired) electrons. The van der Waals surface area contributed by atoms with Gasteiger partial charge in [0, 0.05) is 18.2 Å². The molecule has 0 bridgehead atoms. The summed E-state index contributed by atoms with van der Waals surface area (Å²) in [5.74, 6) is -0.0123. The Hall–Kier alpha value is -2.23. The predicted molar refractivity (Wildman–Crippen MR) is 68.9 cm³/mol. The van der Waals surface area contributed by atoms with Crippen LogP contribution < -0.4 is 5.32 Å². The van der Waals surface area contributed by atoms with Gasteiger partial charge in [0.05, 0.1) is 11.8 Å². The third-order valence-electron chi connectivity index (χ3n) is 2.61. The Morgan fingerprint density at radius 1 is 1.39 bits per heavy atom. The molecule has 0 saturated carbocycles. The van der Waals surface area contributed by atoms with Crippen LogP contribution in [0.25, 0.3) is 0 Å². The molecule has 1 unspecified atom stereocenters. The van der Waals surface area contributed by atoms with Crippen LogP contribution in [-0.2, 0) is 6.42 Å². The molecule has 1 aromatic heterocycles. The van der Waals surface area contributed by atoms with Crippen molar-refractivity contribution in [3.63, 3.8) is 0 Å². The number of nitrogens with one attached hydrogen (secondary N) is 1. The number of carboxylic acid groups (broad SMARTS) is 1. The maximum absolute atomic E-state index is 10.9. The highest BCUT2D eigenvalue weighted by Gasteiger charge is 2.07. The van der Waals surface area contributed by atoms with E-state index in [0.29, 0.717) is 0 Å². The van der Waals surface area contributed by atoms with Gasteiger partial charge in [-0.2, -0.15) is 0 Å². The smallest absolute Gasteiger partial charge is 0.335 e. The number of furan rings is 1. The third kappa shape index (κ3) is 3.13. The van der Waals surface area contributed by atoms with Crippen molar-refractivity contribution in [1.29, 1.82) is 0 Å². The normalized spacial score (nSPS) is 12.1. The van der Waals surface area contributed by atoms with Crippen molar-refractivity contribution >= 4 is 11.7 Å². The van der Waals surface area contributed by atoms with Gasteiger partial charge in [-0.3, -0.25) is 0 Å². The first-order valence-corrected chi connectivity index (χ1v) is 5.77. The van der Waals surface area contributed by atoms with Gasteiger partial charge in [0.2, 0.25) is 0 Å². The largest absolute Gasteiger partial charge is 0.478 e. The standard InChI is InChI=1S/C14H15NO3/c1-10(8-13-6-3-7-18-13)15-12-5-2-4-11(9-12)14(16)17/h2-7,9-10,15H,8H2,1H3,(H,16,17). The topological polar surface area (TPSA) is 62.5 Å². The summed E-state index contributed by atoms with van der Waals surface area (Å²) >= 11 is 0. The minimum Gasteiger partial charge on any atom is -0.478 e. The first-order chi connectivity index (χ1) is 8.65. The Bertz CT molecular complexity index is 520. The van der Waals surface area contributed by atoms with Crippen molar-refractivity contribution in [2.75, 3.05) is 5.32 Å². The highest BCUT2D eigenvalue weighted by Crippen LogP contribution is 2.14. The SMILES string of the molecule is CC(Cc1ccco1)Nc1cccc(C(=O)O)c1. The van der Waals surface area contributed by atoms with Crippen LogP contribution in [0.5, 0.6) is 0 Å². The van der Waals surface area contributed by atoms with Gasteiger partial charge in [0.1, 0.15) is 5.76 Å². The van der Waals surface area contributed by atoms with E-state index in [1.165, 1.54) is 0 Å². The molecule has 18 heavy (non-hydrogen) atoms. The first-order valence-electron chi connectivity index (χ1n) is 5.77. The van der Waals surface area contributed by atoms with Crippen LogP contribution >= 0.6 is 0 Å². The van der Waals surface area contributed by atoms with Gasteiger partial charge in [-0.25, -0.2) is 4.79 Å². The minimum absolute atomic E-state index is 0.167. The molecule has 2 aromatic rings. The number of carbonyl (C=O) groups is 1. The number of anilines is 1. The average molecular weight is 245 g/mol. The zero-order valence-electron chi connectivity index (χ0n) is 10.1. The summed E-state index contributed by atoms with van der Waals surface area (Å²) in [6.07, 6.45) is 2.40. The van der Waals surface area contributed by atoms with E-state index < -0.39 is 5.97 Å². The van der Waals surface area contributed by atoms with Crippen LogP contribution in [-0.4, -0.2) is 17.1 Å². The lowest BCUT2D eigenvalue weighted by Gasteiger charge is -2.14. The summed E-state index contributed by atoms with van der Waals surface area (Å²) in [7, 11) is 0. The maximum Gasteiger partial charge on any atom is 0.335 e. The van der Waals surface area contributed by atoms with Gasteiger partial charge in [-0.15, -0.1) is 0 Å². The second-order valence-corrected chi connectivity index (χ2v) is 4.21. The monoisotopic (exact) mass is 245 g/mol. The van der Waals surface area contributed by atoms with E-state index in [-0.39, 0.29) is 11.6 Å². The highest BCUT2D eigenvalue weighted by atomic mass is 16.4. The van der Waals surface area contributed by atoms with E-state index in [9.17, 15) is 4.79 Å². The summed E-state index contributed by atoms with van der Waals surface area (Å²) < 4.78 is 5.27. The van der Waals surface area contributed by atoms with Crippen molar-refractivity contribution in [3.05, 3.63) is 54.0 Å². The van der Waals surface area contributed by atoms with Crippen LogP contribution in [0.2, 0.25) is 0 Å². The van der Waals surface area contributed by atoms with E-state index in [1.807, 2.05) is 25.1 Å². The molecule has 94 valence electrons. The maximum atomic E-state index is 10.9. The Balaban J connectivity index is 2.00. The van der Waals surface area contributed by atoms with Gasteiger partial charge in [-0.05, 0) is 37.3 Å². The average Bonchev–Trinajstić information content (AvgIpc) is 2.82. The van der Waals surface area contributed by atoms with E-state index in [0.717, 1.165) is 17.9 Å².